The van der Waals surface area contributed by atoms with Gasteiger partial charge in [0.1, 0.15) is 12.4 Å². The van der Waals surface area contributed by atoms with Crippen LogP contribution in [-0.4, -0.2) is 56.4 Å². The Kier molecular flexibility index (Phi) is 3.54. The van der Waals surface area contributed by atoms with E-state index in [1.807, 2.05) is 0 Å². The Balaban J connectivity index is 1.46. The molecule has 0 saturated carbocycles. The molecule has 25 heavy (non-hydrogen) atoms. The molecule has 8 nitrogen and oxygen atoms in total. The number of pyridine rings is 1. The van der Waals surface area contributed by atoms with Gasteiger partial charge in [-0.25, -0.2) is 15.0 Å². The highest BCUT2D eigenvalue weighted by Gasteiger charge is 2.43. The molecule has 0 aromatic carbocycles. The first kappa shape index (κ1) is 15.0. The van der Waals surface area contributed by atoms with Crippen molar-refractivity contribution in [1.29, 1.82) is 0 Å². The van der Waals surface area contributed by atoms with Gasteiger partial charge in [-0.05, 0) is 12.5 Å². The van der Waals surface area contributed by atoms with Crippen LogP contribution in [0.4, 0.5) is 0 Å². The fraction of sp³-hybridized carbons (Fsp3) is 0.375. The van der Waals surface area contributed by atoms with Crippen LogP contribution >= 0.6 is 11.6 Å². The summed E-state index contributed by atoms with van der Waals surface area (Å²) in [6, 6.07) is 2.15. The van der Waals surface area contributed by atoms with Crippen LogP contribution in [0.15, 0.2) is 24.8 Å². The molecule has 3 atom stereocenters. The molecule has 5 heterocycles. The van der Waals surface area contributed by atoms with Crippen molar-refractivity contribution in [2.45, 2.75) is 24.7 Å². The molecule has 1 unspecified atom stereocenters. The van der Waals surface area contributed by atoms with E-state index in [2.05, 4.69) is 24.9 Å². The van der Waals surface area contributed by atoms with Gasteiger partial charge in [0, 0.05) is 24.6 Å². The molecule has 0 bridgehead atoms. The first-order valence-corrected chi connectivity index (χ1v) is 8.37. The summed E-state index contributed by atoms with van der Waals surface area (Å²) in [5, 5.41) is 0.487. The second-order valence-corrected chi connectivity index (χ2v) is 6.42. The summed E-state index contributed by atoms with van der Waals surface area (Å²) in [4.78, 5) is 20.0. The molecule has 5 rings (SSSR count). The summed E-state index contributed by atoms with van der Waals surface area (Å²) in [5.74, 6) is 0. The third kappa shape index (κ3) is 2.62. The van der Waals surface area contributed by atoms with Crippen molar-refractivity contribution in [3.05, 3.63) is 29.8 Å². The number of rotatable bonds is 3. The Morgan fingerprint density at radius 2 is 2.08 bits per heavy atom. The quantitative estimate of drug-likeness (QED) is 0.764. The van der Waals surface area contributed by atoms with Gasteiger partial charge in [0.25, 0.3) is 6.01 Å². The van der Waals surface area contributed by atoms with Crippen molar-refractivity contribution < 1.29 is 14.2 Å². The van der Waals surface area contributed by atoms with Gasteiger partial charge >= 0.3 is 0 Å². The average molecular weight is 360 g/mol. The highest BCUT2D eigenvalue weighted by molar-refractivity contribution is 6.33. The van der Waals surface area contributed by atoms with Crippen LogP contribution in [0.2, 0.25) is 5.02 Å². The largest absolute Gasteiger partial charge is 0.456 e. The van der Waals surface area contributed by atoms with E-state index < -0.39 is 0 Å². The molecule has 128 valence electrons. The third-order valence-electron chi connectivity index (χ3n) is 4.42. The van der Waals surface area contributed by atoms with Gasteiger partial charge < -0.3 is 19.2 Å². The number of nitrogens with one attached hydrogen (secondary N) is 1. The number of aromatic nitrogens is 5. The molecule has 0 radical (unpaired) electrons. The van der Waals surface area contributed by atoms with Gasteiger partial charge in [-0.2, -0.15) is 4.98 Å². The summed E-state index contributed by atoms with van der Waals surface area (Å²) >= 11 is 6.34. The monoisotopic (exact) mass is 359 g/mol. The van der Waals surface area contributed by atoms with Gasteiger partial charge in [-0.15, -0.1) is 0 Å². The number of aromatic amines is 1. The number of hydrogen-bond acceptors (Lipinski definition) is 7. The lowest BCUT2D eigenvalue weighted by molar-refractivity contribution is 0.0273. The maximum atomic E-state index is 6.34. The zero-order chi connectivity index (χ0) is 16.8. The molecule has 2 aliphatic rings. The van der Waals surface area contributed by atoms with Crippen LogP contribution in [0, 0.1) is 0 Å². The molecular weight excluding hydrogens is 346 g/mol. The van der Waals surface area contributed by atoms with E-state index in [4.69, 9.17) is 25.8 Å². The van der Waals surface area contributed by atoms with Gasteiger partial charge in [0.15, 0.2) is 11.8 Å². The van der Waals surface area contributed by atoms with E-state index in [9.17, 15) is 0 Å². The predicted molar refractivity (Wildman–Crippen MR) is 88.4 cm³/mol. The number of hydrogen-bond donors (Lipinski definition) is 1. The van der Waals surface area contributed by atoms with E-state index >= 15 is 0 Å². The molecule has 9 heteroatoms. The summed E-state index contributed by atoms with van der Waals surface area (Å²) in [5.41, 5.74) is 2.52. The van der Waals surface area contributed by atoms with Crippen molar-refractivity contribution in [3.63, 3.8) is 0 Å². The van der Waals surface area contributed by atoms with Crippen LogP contribution in [0.3, 0.4) is 0 Å². The third-order valence-corrected chi connectivity index (χ3v) is 4.71. The number of imidazole rings is 1. The summed E-state index contributed by atoms with van der Waals surface area (Å²) in [6.07, 6.45) is 5.58. The van der Waals surface area contributed by atoms with Crippen molar-refractivity contribution in [2.24, 2.45) is 0 Å². The molecule has 0 aliphatic carbocycles. The number of ether oxygens (including phenoxy) is 3. The standard InChI is InChI=1S/C16H14ClN5O3/c17-9-3-10-15(21-13(9)8-4-18-7-19-5-8)22-16(20-10)25-12-6-24-11-1-2-23-14(11)12/h3-5,7,11-12,14H,1-2,6H2,(H,20,21,22)/t11-,12?,14+/m1/s1. The second kappa shape index (κ2) is 5.91. The Hall–Kier alpha value is -2.29. The Morgan fingerprint density at radius 3 is 2.96 bits per heavy atom. The lowest BCUT2D eigenvalue weighted by atomic mass is 10.1. The summed E-state index contributed by atoms with van der Waals surface area (Å²) < 4.78 is 17.3. The topological polar surface area (TPSA) is 95.0 Å². The van der Waals surface area contributed by atoms with Crippen molar-refractivity contribution in [2.75, 3.05) is 13.2 Å². The zero-order valence-electron chi connectivity index (χ0n) is 13.1. The van der Waals surface area contributed by atoms with E-state index in [1.54, 1.807) is 18.5 Å². The SMILES string of the molecule is Clc1cc2[nH]c(OC3CO[C@@H]4CCO[C@H]34)nc2nc1-c1cncnc1. The number of nitrogens with zero attached hydrogens (tertiary/aromatic N) is 4. The van der Waals surface area contributed by atoms with E-state index in [0.29, 0.717) is 41.1 Å². The van der Waals surface area contributed by atoms with Crippen LogP contribution in [0.25, 0.3) is 22.4 Å². The first-order chi connectivity index (χ1) is 12.3. The van der Waals surface area contributed by atoms with E-state index in [0.717, 1.165) is 12.0 Å². The summed E-state index contributed by atoms with van der Waals surface area (Å²) in [6.45, 7) is 1.20. The summed E-state index contributed by atoms with van der Waals surface area (Å²) in [7, 11) is 0. The zero-order valence-corrected chi connectivity index (χ0v) is 13.8. The molecular formula is C16H14ClN5O3. The molecule has 1 N–H and O–H groups in total. The Morgan fingerprint density at radius 1 is 1.20 bits per heavy atom. The minimum Gasteiger partial charge on any atom is -0.456 e. The smallest absolute Gasteiger partial charge is 0.296 e. The van der Waals surface area contributed by atoms with Crippen molar-refractivity contribution in [1.82, 2.24) is 24.9 Å². The van der Waals surface area contributed by atoms with Crippen molar-refractivity contribution >= 4 is 22.8 Å². The fourth-order valence-corrected chi connectivity index (χ4v) is 3.51. The average Bonchev–Trinajstić information content (AvgIpc) is 3.32. The molecule has 0 amide bonds. The van der Waals surface area contributed by atoms with Gasteiger partial charge in [-0.3, -0.25) is 0 Å². The van der Waals surface area contributed by atoms with Crippen LogP contribution in [-0.2, 0) is 9.47 Å². The van der Waals surface area contributed by atoms with Crippen molar-refractivity contribution in [3.8, 4) is 17.3 Å². The first-order valence-electron chi connectivity index (χ1n) is 7.99. The molecule has 2 fully saturated rings. The lowest BCUT2D eigenvalue weighted by Gasteiger charge is -2.15. The maximum Gasteiger partial charge on any atom is 0.296 e. The number of fused-ring (bicyclic) bond motifs is 2. The van der Waals surface area contributed by atoms with Crippen LogP contribution in [0.5, 0.6) is 6.01 Å². The predicted octanol–water partition coefficient (Wildman–Crippen LogP) is 2.00. The molecule has 3 aromatic rings. The molecule has 2 saturated heterocycles. The Labute approximate surface area is 147 Å². The maximum absolute atomic E-state index is 6.34. The minimum absolute atomic E-state index is 0.0400. The fourth-order valence-electron chi connectivity index (χ4n) is 3.25. The number of halogens is 1. The highest BCUT2D eigenvalue weighted by Crippen LogP contribution is 2.31. The van der Waals surface area contributed by atoms with E-state index in [1.165, 1.54) is 6.33 Å². The van der Waals surface area contributed by atoms with Crippen LogP contribution in [0.1, 0.15) is 6.42 Å². The number of H-pyrrole nitrogens is 1. The van der Waals surface area contributed by atoms with Gasteiger partial charge in [0.2, 0.25) is 0 Å². The Bertz CT molecular complexity index is 919. The second-order valence-electron chi connectivity index (χ2n) is 6.01. The van der Waals surface area contributed by atoms with Gasteiger partial charge in [-0.1, -0.05) is 11.6 Å². The van der Waals surface area contributed by atoms with E-state index in [-0.39, 0.29) is 18.3 Å². The molecule has 2 aliphatic heterocycles. The molecule has 3 aromatic heterocycles. The molecule has 0 spiro atoms. The normalized spacial score (nSPS) is 25.4. The van der Waals surface area contributed by atoms with Crippen LogP contribution < -0.4 is 4.74 Å². The highest BCUT2D eigenvalue weighted by atomic mass is 35.5. The lowest BCUT2D eigenvalue weighted by Crippen LogP contribution is -2.32. The van der Waals surface area contributed by atoms with Gasteiger partial charge in [0.05, 0.1) is 28.9 Å². The minimum atomic E-state index is -0.175.